The summed E-state index contributed by atoms with van der Waals surface area (Å²) in [5, 5.41) is 0.972. The van der Waals surface area contributed by atoms with Crippen LogP contribution in [-0.2, 0) is 17.8 Å². The van der Waals surface area contributed by atoms with E-state index in [0.29, 0.717) is 25.3 Å². The maximum Gasteiger partial charge on any atom is 0.256 e. The molecule has 1 aromatic carbocycles. The number of hydrogen-bond acceptors (Lipinski definition) is 4. The minimum absolute atomic E-state index is 0.0115. The van der Waals surface area contributed by atoms with Crippen LogP contribution in [0.25, 0.3) is 10.9 Å². The van der Waals surface area contributed by atoms with Crippen molar-refractivity contribution in [1.29, 1.82) is 0 Å². The standard InChI is InChI=1S/C20H22N4O2/c1-2-26-13-17-7-8-23-14-21-11-18(23)12-24(17)20(25)16-9-15-5-3-4-6-19(15)22-10-16/h3-6,9-11,14,17H,2,7-8,12-13H2,1H3. The second-order valence-corrected chi connectivity index (χ2v) is 6.53. The van der Waals surface area contributed by atoms with Gasteiger partial charge in [0.25, 0.3) is 5.91 Å². The number of ether oxygens (including phenoxy) is 1. The first-order chi connectivity index (χ1) is 12.8. The smallest absolute Gasteiger partial charge is 0.256 e. The molecule has 1 atom stereocenters. The van der Waals surface area contributed by atoms with Crippen molar-refractivity contribution in [3.8, 4) is 0 Å². The molecule has 1 aliphatic rings. The van der Waals surface area contributed by atoms with Gasteiger partial charge in [-0.1, -0.05) is 18.2 Å². The van der Waals surface area contributed by atoms with Crippen LogP contribution >= 0.6 is 0 Å². The lowest BCUT2D eigenvalue weighted by Gasteiger charge is -2.29. The number of benzene rings is 1. The van der Waals surface area contributed by atoms with Gasteiger partial charge in [0.2, 0.25) is 0 Å². The Morgan fingerprint density at radius 1 is 1.31 bits per heavy atom. The van der Waals surface area contributed by atoms with E-state index in [9.17, 15) is 4.79 Å². The van der Waals surface area contributed by atoms with E-state index >= 15 is 0 Å². The fraction of sp³-hybridized carbons (Fsp3) is 0.350. The number of nitrogens with zero attached hydrogens (tertiary/aromatic N) is 4. The molecule has 0 aliphatic carbocycles. The van der Waals surface area contributed by atoms with E-state index in [-0.39, 0.29) is 11.9 Å². The molecule has 3 heterocycles. The molecule has 4 rings (SSSR count). The van der Waals surface area contributed by atoms with Crippen molar-refractivity contribution in [3.05, 3.63) is 60.3 Å². The lowest BCUT2D eigenvalue weighted by Crippen LogP contribution is -2.42. The maximum absolute atomic E-state index is 13.3. The summed E-state index contributed by atoms with van der Waals surface area (Å²) in [6.45, 7) is 4.53. The van der Waals surface area contributed by atoms with Gasteiger partial charge in [-0.2, -0.15) is 0 Å². The largest absolute Gasteiger partial charge is 0.380 e. The maximum atomic E-state index is 13.3. The Kier molecular flexibility index (Phi) is 4.67. The normalized spacial score (nSPS) is 17.1. The molecule has 1 aliphatic heterocycles. The minimum atomic E-state index is -0.0115. The number of carbonyl (C=O) groups excluding carboxylic acids is 1. The lowest BCUT2D eigenvalue weighted by molar-refractivity contribution is 0.0422. The van der Waals surface area contributed by atoms with Gasteiger partial charge in [-0.3, -0.25) is 9.78 Å². The van der Waals surface area contributed by atoms with Gasteiger partial charge in [0.05, 0.1) is 42.3 Å². The molecule has 1 amide bonds. The Balaban J connectivity index is 1.66. The zero-order valence-electron chi connectivity index (χ0n) is 14.8. The molecular weight excluding hydrogens is 328 g/mol. The highest BCUT2D eigenvalue weighted by Gasteiger charge is 2.29. The quantitative estimate of drug-likeness (QED) is 0.726. The second kappa shape index (κ2) is 7.25. The van der Waals surface area contributed by atoms with E-state index < -0.39 is 0 Å². The SMILES string of the molecule is CCOCC1CCn2cncc2CN1C(=O)c1cnc2ccccc2c1. The lowest BCUT2D eigenvalue weighted by atomic mass is 10.1. The van der Waals surface area contributed by atoms with E-state index in [1.807, 2.05) is 54.7 Å². The first-order valence-electron chi connectivity index (χ1n) is 8.98. The first kappa shape index (κ1) is 16.7. The van der Waals surface area contributed by atoms with Gasteiger partial charge in [-0.25, -0.2) is 4.98 Å². The van der Waals surface area contributed by atoms with Crippen molar-refractivity contribution >= 4 is 16.8 Å². The number of amides is 1. The summed E-state index contributed by atoms with van der Waals surface area (Å²) in [7, 11) is 0. The van der Waals surface area contributed by atoms with E-state index in [2.05, 4.69) is 14.5 Å². The summed E-state index contributed by atoms with van der Waals surface area (Å²) in [5.41, 5.74) is 2.55. The predicted molar refractivity (Wildman–Crippen MR) is 98.7 cm³/mol. The molecule has 0 spiro atoms. The third-order valence-electron chi connectivity index (χ3n) is 4.89. The molecule has 0 bridgehead atoms. The van der Waals surface area contributed by atoms with Crippen LogP contribution in [0.15, 0.2) is 49.1 Å². The highest BCUT2D eigenvalue weighted by Crippen LogP contribution is 2.22. The number of para-hydroxylation sites is 1. The second-order valence-electron chi connectivity index (χ2n) is 6.53. The molecule has 6 heteroatoms. The third kappa shape index (κ3) is 3.20. The van der Waals surface area contributed by atoms with Gasteiger partial charge in [0, 0.05) is 30.9 Å². The average Bonchev–Trinajstić information content (AvgIpc) is 3.05. The Bertz CT molecular complexity index is 921. The number of carbonyl (C=O) groups is 1. The number of aryl methyl sites for hydroxylation is 1. The van der Waals surface area contributed by atoms with Crippen LogP contribution in [-0.4, -0.2) is 44.6 Å². The molecule has 26 heavy (non-hydrogen) atoms. The van der Waals surface area contributed by atoms with Gasteiger partial charge >= 0.3 is 0 Å². The summed E-state index contributed by atoms with van der Waals surface area (Å²) in [6.07, 6.45) is 6.18. The van der Waals surface area contributed by atoms with Gasteiger partial charge < -0.3 is 14.2 Å². The highest BCUT2D eigenvalue weighted by atomic mass is 16.5. The highest BCUT2D eigenvalue weighted by molar-refractivity contribution is 5.97. The fourth-order valence-corrected chi connectivity index (χ4v) is 3.45. The third-order valence-corrected chi connectivity index (χ3v) is 4.89. The predicted octanol–water partition coefficient (Wildman–Crippen LogP) is 2.88. The summed E-state index contributed by atoms with van der Waals surface area (Å²) in [5.74, 6) is -0.0115. The molecule has 2 aromatic heterocycles. The van der Waals surface area contributed by atoms with Crippen molar-refractivity contribution in [3.63, 3.8) is 0 Å². The van der Waals surface area contributed by atoms with Crippen molar-refractivity contribution in [2.75, 3.05) is 13.2 Å². The minimum Gasteiger partial charge on any atom is -0.380 e. The number of pyridine rings is 1. The van der Waals surface area contributed by atoms with Crippen LogP contribution < -0.4 is 0 Å². The molecule has 134 valence electrons. The summed E-state index contributed by atoms with van der Waals surface area (Å²) in [4.78, 5) is 23.9. The van der Waals surface area contributed by atoms with Crippen LogP contribution in [0.2, 0.25) is 0 Å². The van der Waals surface area contributed by atoms with Crippen LogP contribution in [0, 0.1) is 0 Å². The summed E-state index contributed by atoms with van der Waals surface area (Å²) in [6, 6.07) is 9.80. The molecule has 0 N–H and O–H groups in total. The Hall–Kier alpha value is -2.73. The Labute approximate surface area is 152 Å². The van der Waals surface area contributed by atoms with Crippen LogP contribution in [0.3, 0.4) is 0 Å². The van der Waals surface area contributed by atoms with Gasteiger partial charge in [0.15, 0.2) is 0 Å². The number of aromatic nitrogens is 3. The number of imidazole rings is 1. The van der Waals surface area contributed by atoms with E-state index in [4.69, 9.17) is 4.74 Å². The molecule has 3 aromatic rings. The van der Waals surface area contributed by atoms with Crippen molar-refractivity contribution < 1.29 is 9.53 Å². The van der Waals surface area contributed by atoms with Crippen molar-refractivity contribution in [2.24, 2.45) is 0 Å². The van der Waals surface area contributed by atoms with Crippen LogP contribution in [0.4, 0.5) is 0 Å². The summed E-state index contributed by atoms with van der Waals surface area (Å²) >= 11 is 0. The molecule has 0 saturated carbocycles. The zero-order chi connectivity index (χ0) is 17.9. The molecular formula is C20H22N4O2. The topological polar surface area (TPSA) is 60.2 Å². The van der Waals surface area contributed by atoms with E-state index in [0.717, 1.165) is 29.6 Å². The number of rotatable bonds is 4. The van der Waals surface area contributed by atoms with Crippen LogP contribution in [0.5, 0.6) is 0 Å². The van der Waals surface area contributed by atoms with Gasteiger partial charge in [-0.05, 0) is 25.5 Å². The van der Waals surface area contributed by atoms with Gasteiger partial charge in [0.1, 0.15) is 0 Å². The summed E-state index contributed by atoms with van der Waals surface area (Å²) < 4.78 is 7.77. The van der Waals surface area contributed by atoms with E-state index in [1.165, 1.54) is 0 Å². The van der Waals surface area contributed by atoms with Gasteiger partial charge in [-0.15, -0.1) is 0 Å². The molecule has 0 fully saturated rings. The molecule has 6 nitrogen and oxygen atoms in total. The molecule has 1 unspecified atom stereocenters. The van der Waals surface area contributed by atoms with Crippen molar-refractivity contribution in [2.45, 2.75) is 32.5 Å². The zero-order valence-corrected chi connectivity index (χ0v) is 14.8. The number of fused-ring (bicyclic) bond motifs is 2. The molecule has 0 radical (unpaired) electrons. The van der Waals surface area contributed by atoms with E-state index in [1.54, 1.807) is 6.20 Å². The monoisotopic (exact) mass is 350 g/mol. The first-order valence-corrected chi connectivity index (χ1v) is 8.98. The Morgan fingerprint density at radius 3 is 3.08 bits per heavy atom. The molecule has 0 saturated heterocycles. The average molecular weight is 350 g/mol. The van der Waals surface area contributed by atoms with Crippen molar-refractivity contribution in [1.82, 2.24) is 19.4 Å². The van der Waals surface area contributed by atoms with Crippen LogP contribution in [0.1, 0.15) is 29.4 Å². The number of hydrogen-bond donors (Lipinski definition) is 0. The Morgan fingerprint density at radius 2 is 2.19 bits per heavy atom. The fourth-order valence-electron chi connectivity index (χ4n) is 3.45.